The maximum absolute atomic E-state index is 13.1. The number of likely N-dealkylation sites (tertiary alicyclic amines) is 1. The predicted molar refractivity (Wildman–Crippen MR) is 82.3 cm³/mol. The SMILES string of the molecule is O=C(Nc1cn[nH]c1)[C@H]1CCN(C(=O)Nc2cc(F)cc(F)c2)C1. The van der Waals surface area contributed by atoms with E-state index in [0.717, 1.165) is 18.2 Å². The molecule has 0 spiro atoms. The maximum atomic E-state index is 13.1. The second-order valence-electron chi connectivity index (χ2n) is 5.50. The van der Waals surface area contributed by atoms with Gasteiger partial charge in [0, 0.05) is 31.0 Å². The van der Waals surface area contributed by atoms with E-state index >= 15 is 0 Å². The van der Waals surface area contributed by atoms with Gasteiger partial charge in [-0.1, -0.05) is 0 Å². The predicted octanol–water partition coefficient (Wildman–Crippen LogP) is 2.18. The Kier molecular flexibility index (Phi) is 4.41. The summed E-state index contributed by atoms with van der Waals surface area (Å²) in [6.45, 7) is 0.612. The fourth-order valence-electron chi connectivity index (χ4n) is 2.55. The van der Waals surface area contributed by atoms with Gasteiger partial charge in [0.05, 0.1) is 17.8 Å². The van der Waals surface area contributed by atoms with Crippen LogP contribution in [0.25, 0.3) is 0 Å². The number of nitrogens with zero attached hydrogens (tertiary/aromatic N) is 2. The summed E-state index contributed by atoms with van der Waals surface area (Å²) in [6, 6.07) is 2.28. The van der Waals surface area contributed by atoms with Crippen LogP contribution in [0.4, 0.5) is 25.0 Å². The number of halogens is 2. The van der Waals surface area contributed by atoms with Crippen molar-refractivity contribution >= 4 is 23.3 Å². The van der Waals surface area contributed by atoms with Crippen molar-refractivity contribution in [3.63, 3.8) is 0 Å². The van der Waals surface area contributed by atoms with Gasteiger partial charge in [0.2, 0.25) is 5.91 Å². The van der Waals surface area contributed by atoms with Gasteiger partial charge in [0.15, 0.2) is 0 Å². The summed E-state index contributed by atoms with van der Waals surface area (Å²) >= 11 is 0. The van der Waals surface area contributed by atoms with Crippen LogP contribution in [0.5, 0.6) is 0 Å². The molecule has 2 aromatic rings. The molecule has 3 N–H and O–H groups in total. The molecular formula is C15H15F2N5O2. The van der Waals surface area contributed by atoms with E-state index in [1.807, 2.05) is 0 Å². The molecular weight excluding hydrogens is 320 g/mol. The quantitative estimate of drug-likeness (QED) is 0.803. The molecule has 1 saturated heterocycles. The van der Waals surface area contributed by atoms with E-state index in [2.05, 4.69) is 20.8 Å². The number of hydrogen-bond acceptors (Lipinski definition) is 3. The Morgan fingerprint density at radius 3 is 2.58 bits per heavy atom. The Bertz CT molecular complexity index is 730. The van der Waals surface area contributed by atoms with Gasteiger partial charge in [0.1, 0.15) is 11.6 Å². The summed E-state index contributed by atoms with van der Waals surface area (Å²) < 4.78 is 26.3. The first-order chi connectivity index (χ1) is 11.5. The summed E-state index contributed by atoms with van der Waals surface area (Å²) in [6.07, 6.45) is 3.54. The average molecular weight is 335 g/mol. The molecule has 0 saturated carbocycles. The number of amides is 3. The van der Waals surface area contributed by atoms with Crippen LogP contribution in [-0.4, -0.2) is 40.1 Å². The molecule has 3 rings (SSSR count). The number of aromatic amines is 1. The van der Waals surface area contributed by atoms with Crippen LogP contribution in [0, 0.1) is 17.6 Å². The number of benzene rings is 1. The van der Waals surface area contributed by atoms with Gasteiger partial charge in [-0.05, 0) is 18.6 Å². The van der Waals surface area contributed by atoms with Gasteiger partial charge < -0.3 is 15.5 Å². The van der Waals surface area contributed by atoms with Crippen molar-refractivity contribution < 1.29 is 18.4 Å². The first kappa shape index (κ1) is 15.9. The normalized spacial score (nSPS) is 16.9. The first-order valence-corrected chi connectivity index (χ1v) is 7.33. The summed E-state index contributed by atoms with van der Waals surface area (Å²) in [5.41, 5.74) is 0.585. The molecule has 0 unspecified atom stereocenters. The summed E-state index contributed by atoms with van der Waals surface area (Å²) in [4.78, 5) is 25.7. The molecule has 1 aromatic heterocycles. The third-order valence-electron chi connectivity index (χ3n) is 3.73. The van der Waals surface area contributed by atoms with Gasteiger partial charge in [-0.2, -0.15) is 5.10 Å². The Balaban J connectivity index is 1.56. The highest BCUT2D eigenvalue weighted by molar-refractivity contribution is 5.94. The van der Waals surface area contributed by atoms with Gasteiger partial charge in [-0.15, -0.1) is 0 Å². The van der Waals surface area contributed by atoms with Crippen molar-refractivity contribution in [3.05, 3.63) is 42.2 Å². The smallest absolute Gasteiger partial charge is 0.321 e. The number of carbonyl (C=O) groups is 2. The van der Waals surface area contributed by atoms with Gasteiger partial charge in [-0.3, -0.25) is 9.89 Å². The molecule has 1 aliphatic heterocycles. The van der Waals surface area contributed by atoms with Crippen molar-refractivity contribution in [1.82, 2.24) is 15.1 Å². The monoisotopic (exact) mass is 335 g/mol. The molecule has 1 atom stereocenters. The van der Waals surface area contributed by atoms with Crippen LogP contribution in [0.2, 0.25) is 0 Å². The second kappa shape index (κ2) is 6.65. The number of H-pyrrole nitrogens is 1. The summed E-state index contributed by atoms with van der Waals surface area (Å²) in [5.74, 6) is -2.11. The van der Waals surface area contributed by atoms with Crippen LogP contribution in [-0.2, 0) is 4.79 Å². The Labute approximate surface area is 136 Å². The molecule has 9 heteroatoms. The molecule has 1 aromatic carbocycles. The Morgan fingerprint density at radius 2 is 1.92 bits per heavy atom. The lowest BCUT2D eigenvalue weighted by Crippen LogP contribution is -2.34. The van der Waals surface area contributed by atoms with Gasteiger partial charge >= 0.3 is 6.03 Å². The maximum Gasteiger partial charge on any atom is 0.321 e. The summed E-state index contributed by atoms with van der Waals surface area (Å²) in [7, 11) is 0. The van der Waals surface area contributed by atoms with E-state index in [0.29, 0.717) is 18.7 Å². The number of aromatic nitrogens is 2. The lowest BCUT2D eigenvalue weighted by Gasteiger charge is -2.17. The highest BCUT2D eigenvalue weighted by Crippen LogP contribution is 2.20. The van der Waals surface area contributed by atoms with E-state index in [9.17, 15) is 18.4 Å². The van der Waals surface area contributed by atoms with E-state index in [1.54, 1.807) is 6.20 Å². The van der Waals surface area contributed by atoms with Crippen molar-refractivity contribution in [1.29, 1.82) is 0 Å². The fraction of sp³-hybridized carbons (Fsp3) is 0.267. The summed E-state index contributed by atoms with van der Waals surface area (Å²) in [5, 5.41) is 11.4. The molecule has 0 bridgehead atoms. The van der Waals surface area contributed by atoms with E-state index in [1.165, 1.54) is 11.1 Å². The van der Waals surface area contributed by atoms with E-state index in [4.69, 9.17) is 0 Å². The minimum absolute atomic E-state index is 0.0313. The lowest BCUT2D eigenvalue weighted by molar-refractivity contribution is -0.119. The third kappa shape index (κ3) is 3.67. The lowest BCUT2D eigenvalue weighted by atomic mass is 10.1. The van der Waals surface area contributed by atoms with Crippen LogP contribution in [0.3, 0.4) is 0 Å². The minimum atomic E-state index is -0.774. The van der Waals surface area contributed by atoms with Crippen molar-refractivity contribution in [2.75, 3.05) is 23.7 Å². The molecule has 3 amide bonds. The largest absolute Gasteiger partial charge is 0.324 e. The molecule has 7 nitrogen and oxygen atoms in total. The number of carbonyl (C=O) groups excluding carboxylic acids is 2. The molecule has 2 heterocycles. The molecule has 126 valence electrons. The number of urea groups is 1. The molecule has 1 fully saturated rings. The zero-order valence-corrected chi connectivity index (χ0v) is 12.6. The Morgan fingerprint density at radius 1 is 1.17 bits per heavy atom. The topological polar surface area (TPSA) is 90.1 Å². The third-order valence-corrected chi connectivity index (χ3v) is 3.73. The number of hydrogen-bond donors (Lipinski definition) is 3. The molecule has 0 radical (unpaired) electrons. The highest BCUT2D eigenvalue weighted by atomic mass is 19.1. The molecule has 24 heavy (non-hydrogen) atoms. The van der Waals surface area contributed by atoms with Gasteiger partial charge in [-0.25, -0.2) is 13.6 Å². The van der Waals surface area contributed by atoms with Crippen molar-refractivity contribution in [3.8, 4) is 0 Å². The number of rotatable bonds is 3. The van der Waals surface area contributed by atoms with E-state index in [-0.39, 0.29) is 24.1 Å². The standard InChI is InChI=1S/C15H15F2N5O2/c16-10-3-11(17)5-12(4-10)21-15(24)22-2-1-9(8-22)14(23)20-13-6-18-19-7-13/h3-7,9H,1-2,8H2,(H,18,19)(H,20,23)(H,21,24)/t9-/m0/s1. The van der Waals surface area contributed by atoms with Crippen LogP contribution >= 0.6 is 0 Å². The molecule has 1 aliphatic rings. The van der Waals surface area contributed by atoms with Gasteiger partial charge in [0.25, 0.3) is 0 Å². The van der Waals surface area contributed by atoms with E-state index < -0.39 is 17.7 Å². The Hall–Kier alpha value is -2.97. The zero-order valence-electron chi connectivity index (χ0n) is 12.6. The average Bonchev–Trinajstić information content (AvgIpc) is 3.17. The highest BCUT2D eigenvalue weighted by Gasteiger charge is 2.31. The van der Waals surface area contributed by atoms with Crippen LogP contribution < -0.4 is 10.6 Å². The van der Waals surface area contributed by atoms with Crippen molar-refractivity contribution in [2.24, 2.45) is 5.92 Å². The zero-order chi connectivity index (χ0) is 17.1. The first-order valence-electron chi connectivity index (χ1n) is 7.33. The number of nitrogens with one attached hydrogen (secondary N) is 3. The van der Waals surface area contributed by atoms with Crippen LogP contribution in [0.1, 0.15) is 6.42 Å². The number of anilines is 2. The second-order valence-corrected chi connectivity index (χ2v) is 5.50. The fourth-order valence-corrected chi connectivity index (χ4v) is 2.55. The van der Waals surface area contributed by atoms with Crippen molar-refractivity contribution in [2.45, 2.75) is 6.42 Å². The minimum Gasteiger partial charge on any atom is -0.324 e. The van der Waals surface area contributed by atoms with Crippen LogP contribution in [0.15, 0.2) is 30.6 Å². The molecule has 0 aliphatic carbocycles.